The molecule has 1 rings (SSSR count). The zero-order valence-corrected chi connectivity index (χ0v) is 17.5. The average Bonchev–Trinajstić information content (AvgIpc) is 2.84. The van der Waals surface area contributed by atoms with Crippen LogP contribution in [0.15, 0.2) is 0 Å². The standard InChI is InChI=1S/C18H32N6O7/c19-24(20)15(27)3-1-2-4-18(23(8-10-26)12-17(30)31)13-21(7-9-25)5-6-22(14-18)11-16(28)29/h9-10H,1-8,11-14,19-20H2,(H,28,29)(H,30,31). The molecule has 0 saturated carbocycles. The molecule has 0 bridgehead atoms. The topological polar surface area (TPSA) is 191 Å². The summed E-state index contributed by atoms with van der Waals surface area (Å²) in [6, 6.07) is 0. The summed E-state index contributed by atoms with van der Waals surface area (Å²) in [6.45, 7) is 0.514. The van der Waals surface area contributed by atoms with E-state index in [1.807, 2.05) is 4.90 Å². The Morgan fingerprint density at radius 1 is 0.968 bits per heavy atom. The second-order valence-corrected chi connectivity index (χ2v) is 7.68. The molecule has 13 heteroatoms. The average molecular weight is 444 g/mol. The number of hydrogen-bond donors (Lipinski definition) is 4. The summed E-state index contributed by atoms with van der Waals surface area (Å²) >= 11 is 0. The molecule has 1 atom stereocenters. The number of unbranched alkanes of at least 4 members (excludes halogenated alkanes) is 1. The lowest BCUT2D eigenvalue weighted by Gasteiger charge is -2.45. The first-order chi connectivity index (χ1) is 14.6. The Kier molecular flexibility index (Phi) is 11.2. The number of aldehydes is 2. The van der Waals surface area contributed by atoms with Gasteiger partial charge in [-0.25, -0.2) is 16.8 Å². The highest BCUT2D eigenvalue weighted by atomic mass is 16.4. The Hall–Kier alpha value is -2.45. The van der Waals surface area contributed by atoms with Crippen LogP contribution in [0.25, 0.3) is 0 Å². The van der Waals surface area contributed by atoms with Gasteiger partial charge in [0.2, 0.25) is 0 Å². The number of carbonyl (C=O) groups excluding carboxylic acids is 3. The molecular formula is C18H32N6O7. The van der Waals surface area contributed by atoms with E-state index in [9.17, 15) is 34.2 Å². The van der Waals surface area contributed by atoms with Gasteiger partial charge in [0.05, 0.1) is 26.2 Å². The molecule has 1 unspecified atom stereocenters. The molecule has 1 heterocycles. The van der Waals surface area contributed by atoms with Gasteiger partial charge in [-0.3, -0.25) is 29.1 Å². The first-order valence-electron chi connectivity index (χ1n) is 9.96. The van der Waals surface area contributed by atoms with Crippen molar-refractivity contribution in [2.75, 3.05) is 52.4 Å². The molecular weight excluding hydrogens is 412 g/mol. The van der Waals surface area contributed by atoms with Crippen molar-refractivity contribution < 1.29 is 34.2 Å². The number of hydrazine groups is 2. The minimum absolute atomic E-state index is 0.0899. The van der Waals surface area contributed by atoms with E-state index in [2.05, 4.69) is 0 Å². The van der Waals surface area contributed by atoms with E-state index >= 15 is 0 Å². The monoisotopic (exact) mass is 444 g/mol. The maximum atomic E-state index is 11.6. The van der Waals surface area contributed by atoms with Gasteiger partial charge in [0.1, 0.15) is 12.6 Å². The fourth-order valence-electron chi connectivity index (χ4n) is 3.97. The lowest BCUT2D eigenvalue weighted by atomic mass is 9.88. The summed E-state index contributed by atoms with van der Waals surface area (Å²) < 4.78 is 0. The maximum Gasteiger partial charge on any atom is 0.317 e. The first-order valence-corrected chi connectivity index (χ1v) is 9.96. The van der Waals surface area contributed by atoms with Crippen LogP contribution in [0.2, 0.25) is 0 Å². The molecule has 1 fully saturated rings. The van der Waals surface area contributed by atoms with Crippen LogP contribution >= 0.6 is 0 Å². The van der Waals surface area contributed by atoms with E-state index in [1.165, 1.54) is 4.90 Å². The van der Waals surface area contributed by atoms with Crippen LogP contribution in [-0.4, -0.2) is 118 Å². The van der Waals surface area contributed by atoms with Crippen molar-refractivity contribution in [1.29, 1.82) is 0 Å². The van der Waals surface area contributed by atoms with Gasteiger partial charge in [0.15, 0.2) is 0 Å². The SMILES string of the molecule is NN(N)C(=O)CCCCC1(N(CC=O)CC(=O)O)CN(CC=O)CCN(CC(=O)O)C1. The molecule has 1 aliphatic rings. The van der Waals surface area contributed by atoms with Gasteiger partial charge in [0.25, 0.3) is 5.91 Å². The van der Waals surface area contributed by atoms with Gasteiger partial charge in [-0.05, 0) is 12.8 Å². The Bertz CT molecular complexity index is 647. The second-order valence-electron chi connectivity index (χ2n) is 7.68. The van der Waals surface area contributed by atoms with Crippen LogP contribution in [0.1, 0.15) is 25.7 Å². The summed E-state index contributed by atoms with van der Waals surface area (Å²) in [5.41, 5.74) is -0.914. The van der Waals surface area contributed by atoms with E-state index in [0.717, 1.165) is 6.29 Å². The smallest absolute Gasteiger partial charge is 0.317 e. The minimum atomic E-state index is -1.13. The number of aliphatic carboxylic acids is 2. The van der Waals surface area contributed by atoms with E-state index < -0.39 is 29.9 Å². The molecule has 0 radical (unpaired) electrons. The number of carbonyl (C=O) groups is 5. The number of nitrogens with two attached hydrogens (primary N) is 2. The fraction of sp³-hybridized carbons (Fsp3) is 0.722. The molecule has 31 heavy (non-hydrogen) atoms. The van der Waals surface area contributed by atoms with Crippen molar-refractivity contribution in [2.45, 2.75) is 31.2 Å². The highest BCUT2D eigenvalue weighted by Gasteiger charge is 2.42. The molecule has 13 nitrogen and oxygen atoms in total. The molecule has 6 N–H and O–H groups in total. The molecule has 0 aromatic heterocycles. The van der Waals surface area contributed by atoms with Gasteiger partial charge < -0.3 is 19.8 Å². The highest BCUT2D eigenvalue weighted by molar-refractivity contribution is 5.74. The predicted octanol–water partition coefficient (Wildman–Crippen LogP) is -2.65. The predicted molar refractivity (Wildman–Crippen MR) is 108 cm³/mol. The molecule has 1 amide bonds. The summed E-state index contributed by atoms with van der Waals surface area (Å²) in [4.78, 5) is 62.0. The van der Waals surface area contributed by atoms with Gasteiger partial charge in [0, 0.05) is 38.1 Å². The van der Waals surface area contributed by atoms with Crippen LogP contribution in [0.4, 0.5) is 0 Å². The highest BCUT2D eigenvalue weighted by Crippen LogP contribution is 2.28. The minimum Gasteiger partial charge on any atom is -0.480 e. The second kappa shape index (κ2) is 13.1. The van der Waals surface area contributed by atoms with Crippen LogP contribution in [0.3, 0.4) is 0 Å². The number of amides is 1. The van der Waals surface area contributed by atoms with Crippen LogP contribution in [0, 0.1) is 0 Å². The third-order valence-electron chi connectivity index (χ3n) is 5.32. The number of carboxylic acids is 2. The molecule has 0 aliphatic carbocycles. The van der Waals surface area contributed by atoms with Crippen LogP contribution in [0.5, 0.6) is 0 Å². The molecule has 1 saturated heterocycles. The third-order valence-corrected chi connectivity index (χ3v) is 5.32. The summed E-state index contributed by atoms with van der Waals surface area (Å²) in [5, 5.41) is 19.2. The molecule has 0 spiro atoms. The van der Waals surface area contributed by atoms with Gasteiger partial charge in [-0.2, -0.15) is 0 Å². The fourth-order valence-corrected chi connectivity index (χ4v) is 3.97. The van der Waals surface area contributed by atoms with Crippen molar-refractivity contribution in [2.24, 2.45) is 11.7 Å². The van der Waals surface area contributed by atoms with Crippen molar-refractivity contribution in [3.63, 3.8) is 0 Å². The molecule has 0 aromatic rings. The Balaban J connectivity index is 3.20. The van der Waals surface area contributed by atoms with Gasteiger partial charge >= 0.3 is 11.9 Å². The van der Waals surface area contributed by atoms with E-state index in [-0.39, 0.29) is 39.1 Å². The van der Waals surface area contributed by atoms with E-state index in [0.29, 0.717) is 43.8 Å². The number of rotatable bonds is 14. The van der Waals surface area contributed by atoms with E-state index in [1.54, 1.807) is 4.90 Å². The largest absolute Gasteiger partial charge is 0.480 e. The molecule has 0 aromatic carbocycles. The quantitative estimate of drug-likeness (QED) is 0.0716. The normalized spacial score (nSPS) is 20.2. The zero-order chi connectivity index (χ0) is 23.4. The van der Waals surface area contributed by atoms with Gasteiger partial charge in [-0.1, -0.05) is 6.42 Å². The lowest BCUT2D eigenvalue weighted by Crippen LogP contribution is -2.61. The number of carboxylic acid groups (broad SMARTS) is 2. The molecule has 1 aliphatic heterocycles. The number of nitrogens with zero attached hydrogens (tertiary/aromatic N) is 4. The van der Waals surface area contributed by atoms with E-state index in [4.69, 9.17) is 11.7 Å². The lowest BCUT2D eigenvalue weighted by molar-refractivity contribution is -0.143. The summed E-state index contributed by atoms with van der Waals surface area (Å²) in [5.74, 6) is 7.81. The van der Waals surface area contributed by atoms with Crippen molar-refractivity contribution in [3.05, 3.63) is 0 Å². The first kappa shape index (κ1) is 26.6. The van der Waals surface area contributed by atoms with Crippen molar-refractivity contribution in [1.82, 2.24) is 19.8 Å². The Labute approximate surface area is 180 Å². The Morgan fingerprint density at radius 2 is 1.61 bits per heavy atom. The molecule has 176 valence electrons. The Morgan fingerprint density at radius 3 is 2.16 bits per heavy atom. The van der Waals surface area contributed by atoms with Crippen LogP contribution < -0.4 is 11.7 Å². The third kappa shape index (κ3) is 9.06. The van der Waals surface area contributed by atoms with Crippen molar-refractivity contribution in [3.8, 4) is 0 Å². The maximum absolute atomic E-state index is 11.6. The number of hydrogen-bond acceptors (Lipinski definition) is 10. The summed E-state index contributed by atoms with van der Waals surface area (Å²) in [7, 11) is 0. The van der Waals surface area contributed by atoms with Crippen LogP contribution in [-0.2, 0) is 24.0 Å². The zero-order valence-electron chi connectivity index (χ0n) is 17.5. The summed E-state index contributed by atoms with van der Waals surface area (Å²) in [6.07, 6.45) is 2.69. The van der Waals surface area contributed by atoms with Gasteiger partial charge in [-0.15, -0.1) is 0 Å². The van der Waals surface area contributed by atoms with Crippen molar-refractivity contribution >= 4 is 30.4 Å².